The Morgan fingerprint density at radius 2 is 1.94 bits per heavy atom. The van der Waals surface area contributed by atoms with Crippen molar-refractivity contribution in [3.8, 4) is 0 Å². The maximum Gasteiger partial charge on any atom is 0.0958 e. The number of benzene rings is 1. The van der Waals surface area contributed by atoms with Crippen LogP contribution in [0.15, 0.2) is 30.6 Å². The molecule has 2 rings (SSSR count). The highest BCUT2D eigenvalue weighted by Crippen LogP contribution is 2.12. The van der Waals surface area contributed by atoms with E-state index in [9.17, 15) is 0 Å². The molecule has 0 aliphatic carbocycles. The van der Waals surface area contributed by atoms with Crippen molar-refractivity contribution < 1.29 is 0 Å². The van der Waals surface area contributed by atoms with Crippen LogP contribution in [0.1, 0.15) is 20.3 Å². The molecule has 0 N–H and O–H groups in total. The number of imidazole rings is 1. The van der Waals surface area contributed by atoms with Crippen molar-refractivity contribution >= 4 is 11.0 Å². The van der Waals surface area contributed by atoms with Crippen LogP contribution in [0.25, 0.3) is 11.0 Å². The van der Waals surface area contributed by atoms with Gasteiger partial charge in [-0.1, -0.05) is 26.0 Å². The largest absolute Gasteiger partial charge is 0.331 e. The Kier molecular flexibility index (Phi) is 4.15. The molecule has 0 radical (unpaired) electrons. The summed E-state index contributed by atoms with van der Waals surface area (Å²) < 4.78 is 2.25. The summed E-state index contributed by atoms with van der Waals surface area (Å²) in [6.07, 6.45) is 3.13. The summed E-state index contributed by atoms with van der Waals surface area (Å²) in [4.78, 5) is 6.86. The van der Waals surface area contributed by atoms with Gasteiger partial charge in [-0.15, -0.1) is 0 Å². The summed E-state index contributed by atoms with van der Waals surface area (Å²) in [5, 5.41) is 0. The van der Waals surface area contributed by atoms with Gasteiger partial charge in [-0.2, -0.15) is 0 Å². The second-order valence-electron chi connectivity index (χ2n) is 4.31. The number of hydrogen-bond donors (Lipinski definition) is 0. The molecule has 1 heterocycles. The number of aryl methyl sites for hydroxylation is 1. The van der Waals surface area contributed by atoms with E-state index in [0.717, 1.165) is 25.2 Å². The smallest absolute Gasteiger partial charge is 0.0958 e. The minimum atomic E-state index is 1.05. The van der Waals surface area contributed by atoms with E-state index in [1.54, 1.807) is 0 Å². The minimum absolute atomic E-state index is 1.05. The Labute approximate surface area is 103 Å². The Morgan fingerprint density at radius 3 is 2.71 bits per heavy atom. The van der Waals surface area contributed by atoms with Gasteiger partial charge in [0.15, 0.2) is 0 Å². The molecule has 92 valence electrons. The normalized spacial score (nSPS) is 11.5. The van der Waals surface area contributed by atoms with Crippen molar-refractivity contribution in [1.29, 1.82) is 0 Å². The molecule has 0 atom stereocenters. The first-order valence-electron chi connectivity index (χ1n) is 6.47. The molecule has 3 nitrogen and oxygen atoms in total. The summed E-state index contributed by atoms with van der Waals surface area (Å²) in [6.45, 7) is 8.94. The van der Waals surface area contributed by atoms with Crippen LogP contribution in [0.3, 0.4) is 0 Å². The lowest BCUT2D eigenvalue weighted by Gasteiger charge is -2.17. The van der Waals surface area contributed by atoms with Gasteiger partial charge in [-0.3, -0.25) is 0 Å². The van der Waals surface area contributed by atoms with E-state index in [1.165, 1.54) is 18.5 Å². The zero-order valence-electron chi connectivity index (χ0n) is 10.8. The second kappa shape index (κ2) is 5.82. The van der Waals surface area contributed by atoms with Gasteiger partial charge in [0, 0.05) is 6.54 Å². The fourth-order valence-electron chi connectivity index (χ4n) is 2.19. The van der Waals surface area contributed by atoms with E-state index in [2.05, 4.69) is 46.5 Å². The zero-order valence-corrected chi connectivity index (χ0v) is 10.8. The maximum absolute atomic E-state index is 4.41. The third kappa shape index (κ3) is 2.86. The van der Waals surface area contributed by atoms with E-state index in [-0.39, 0.29) is 0 Å². The molecule has 1 aromatic carbocycles. The number of para-hydroxylation sites is 2. The van der Waals surface area contributed by atoms with Crippen molar-refractivity contribution in [1.82, 2.24) is 14.5 Å². The van der Waals surface area contributed by atoms with Gasteiger partial charge in [0.1, 0.15) is 0 Å². The fourth-order valence-corrected chi connectivity index (χ4v) is 2.19. The lowest BCUT2D eigenvalue weighted by atomic mass is 10.3. The van der Waals surface area contributed by atoms with Gasteiger partial charge in [0.2, 0.25) is 0 Å². The first kappa shape index (κ1) is 12.1. The molecule has 0 spiro atoms. The number of hydrogen-bond acceptors (Lipinski definition) is 2. The highest BCUT2D eigenvalue weighted by atomic mass is 15.1. The summed E-state index contributed by atoms with van der Waals surface area (Å²) in [5.74, 6) is 0. The van der Waals surface area contributed by atoms with Crippen molar-refractivity contribution in [2.24, 2.45) is 0 Å². The molecular weight excluding hydrogens is 210 g/mol. The average molecular weight is 231 g/mol. The van der Waals surface area contributed by atoms with E-state index in [1.807, 2.05) is 12.4 Å². The first-order chi connectivity index (χ1) is 8.35. The second-order valence-corrected chi connectivity index (χ2v) is 4.31. The monoisotopic (exact) mass is 231 g/mol. The van der Waals surface area contributed by atoms with Gasteiger partial charge in [-0.05, 0) is 38.2 Å². The van der Waals surface area contributed by atoms with Gasteiger partial charge < -0.3 is 9.47 Å². The van der Waals surface area contributed by atoms with Crippen molar-refractivity contribution in [3.63, 3.8) is 0 Å². The lowest BCUT2D eigenvalue weighted by molar-refractivity contribution is 0.294. The van der Waals surface area contributed by atoms with Gasteiger partial charge in [0.25, 0.3) is 0 Å². The SMILES string of the molecule is CCN(CC)CCCn1cnc2ccccc21. The Hall–Kier alpha value is -1.35. The standard InChI is InChI=1S/C14H21N3/c1-3-16(4-2)10-7-11-17-12-15-13-8-5-6-9-14(13)17/h5-6,8-9,12H,3-4,7,10-11H2,1-2H3. The van der Waals surface area contributed by atoms with Crippen LogP contribution in [0.2, 0.25) is 0 Å². The number of fused-ring (bicyclic) bond motifs is 1. The minimum Gasteiger partial charge on any atom is -0.331 e. The topological polar surface area (TPSA) is 21.1 Å². The molecule has 0 aliphatic heterocycles. The van der Waals surface area contributed by atoms with Crippen LogP contribution in [0.5, 0.6) is 0 Å². The lowest BCUT2D eigenvalue weighted by Crippen LogP contribution is -2.24. The number of aromatic nitrogens is 2. The molecule has 0 amide bonds. The van der Waals surface area contributed by atoms with E-state index in [4.69, 9.17) is 0 Å². The third-order valence-corrected chi connectivity index (χ3v) is 3.30. The fraction of sp³-hybridized carbons (Fsp3) is 0.500. The predicted octanol–water partition coefficient (Wildman–Crippen LogP) is 2.77. The van der Waals surface area contributed by atoms with Gasteiger partial charge >= 0.3 is 0 Å². The number of rotatable bonds is 6. The van der Waals surface area contributed by atoms with Crippen molar-refractivity contribution in [3.05, 3.63) is 30.6 Å². The summed E-state index contributed by atoms with van der Waals surface area (Å²) in [7, 11) is 0. The summed E-state index contributed by atoms with van der Waals surface area (Å²) in [6, 6.07) is 8.32. The zero-order chi connectivity index (χ0) is 12.1. The molecule has 1 aromatic heterocycles. The van der Waals surface area contributed by atoms with E-state index in [0.29, 0.717) is 0 Å². The molecule has 2 aromatic rings. The molecular formula is C14H21N3. The van der Waals surface area contributed by atoms with Gasteiger partial charge in [-0.25, -0.2) is 4.98 Å². The number of nitrogens with zero attached hydrogens (tertiary/aromatic N) is 3. The molecule has 0 unspecified atom stereocenters. The molecule has 0 saturated heterocycles. The highest BCUT2D eigenvalue weighted by Gasteiger charge is 2.02. The molecule has 17 heavy (non-hydrogen) atoms. The highest BCUT2D eigenvalue weighted by molar-refractivity contribution is 5.74. The predicted molar refractivity (Wildman–Crippen MR) is 72.1 cm³/mol. The van der Waals surface area contributed by atoms with Crippen LogP contribution >= 0.6 is 0 Å². The summed E-state index contributed by atoms with van der Waals surface area (Å²) >= 11 is 0. The van der Waals surface area contributed by atoms with E-state index >= 15 is 0 Å². The molecule has 0 aliphatic rings. The average Bonchev–Trinajstić information content (AvgIpc) is 2.78. The molecule has 0 saturated carbocycles. The maximum atomic E-state index is 4.41. The van der Waals surface area contributed by atoms with E-state index < -0.39 is 0 Å². The third-order valence-electron chi connectivity index (χ3n) is 3.30. The molecule has 0 bridgehead atoms. The van der Waals surface area contributed by atoms with Crippen molar-refractivity contribution in [2.45, 2.75) is 26.8 Å². The van der Waals surface area contributed by atoms with Crippen LogP contribution in [0, 0.1) is 0 Å². The van der Waals surface area contributed by atoms with Crippen LogP contribution < -0.4 is 0 Å². The molecule has 0 fully saturated rings. The van der Waals surface area contributed by atoms with Crippen molar-refractivity contribution in [2.75, 3.05) is 19.6 Å². The van der Waals surface area contributed by atoms with Crippen LogP contribution in [0.4, 0.5) is 0 Å². The Balaban J connectivity index is 1.95. The Bertz CT molecular complexity index is 457. The Morgan fingerprint density at radius 1 is 1.18 bits per heavy atom. The molecule has 3 heteroatoms. The first-order valence-corrected chi connectivity index (χ1v) is 6.47. The summed E-state index contributed by atoms with van der Waals surface area (Å²) in [5.41, 5.74) is 2.34. The quantitative estimate of drug-likeness (QED) is 0.762. The van der Waals surface area contributed by atoms with Gasteiger partial charge in [0.05, 0.1) is 17.4 Å². The van der Waals surface area contributed by atoms with Crippen LogP contribution in [-0.4, -0.2) is 34.1 Å². The van der Waals surface area contributed by atoms with Crippen LogP contribution in [-0.2, 0) is 6.54 Å².